The largest absolute Gasteiger partial charge is 0.198 e. The van der Waals surface area contributed by atoms with Gasteiger partial charge in [0.15, 0.2) is 0 Å². The van der Waals surface area contributed by atoms with Gasteiger partial charge in [0, 0.05) is 0 Å². The predicted octanol–water partition coefficient (Wildman–Crippen LogP) is 6.87. The van der Waals surface area contributed by atoms with Gasteiger partial charge in [-0.3, -0.25) is 0 Å². The van der Waals surface area contributed by atoms with Crippen LogP contribution in [0.2, 0.25) is 0 Å². The minimum atomic E-state index is 0.0397. The number of nitriles is 1. The van der Waals surface area contributed by atoms with Crippen LogP contribution in [0.25, 0.3) is 0 Å². The van der Waals surface area contributed by atoms with Gasteiger partial charge in [-0.25, -0.2) is 0 Å². The summed E-state index contributed by atoms with van der Waals surface area (Å²) in [6, 6.07) is 2.76. The second kappa shape index (κ2) is 8.95. The molecular formula is C21H37N. The van der Waals surface area contributed by atoms with Crippen LogP contribution < -0.4 is 0 Å². The predicted molar refractivity (Wildman–Crippen MR) is 94.5 cm³/mol. The zero-order valence-electron chi connectivity index (χ0n) is 15.1. The van der Waals surface area contributed by atoms with Crippen LogP contribution in [0.15, 0.2) is 0 Å². The van der Waals surface area contributed by atoms with Gasteiger partial charge in [0.1, 0.15) is 0 Å². The lowest BCUT2D eigenvalue weighted by Gasteiger charge is -2.42. The first-order valence-electron chi connectivity index (χ1n) is 10.1. The summed E-state index contributed by atoms with van der Waals surface area (Å²) in [6.07, 6.45) is 18.8. The van der Waals surface area contributed by atoms with Crippen molar-refractivity contribution in [3.63, 3.8) is 0 Å². The average molecular weight is 304 g/mol. The Morgan fingerprint density at radius 2 is 1.68 bits per heavy atom. The zero-order valence-corrected chi connectivity index (χ0v) is 15.1. The van der Waals surface area contributed by atoms with Crippen molar-refractivity contribution < 1.29 is 0 Å². The highest BCUT2D eigenvalue weighted by Gasteiger charge is 2.39. The van der Waals surface area contributed by atoms with Gasteiger partial charge in [-0.05, 0) is 49.9 Å². The van der Waals surface area contributed by atoms with E-state index in [1.54, 1.807) is 0 Å². The van der Waals surface area contributed by atoms with Crippen molar-refractivity contribution in [1.29, 1.82) is 5.26 Å². The molecule has 1 nitrogen and oxygen atoms in total. The van der Waals surface area contributed by atoms with Gasteiger partial charge in [0.05, 0.1) is 11.5 Å². The maximum Gasteiger partial charge on any atom is 0.0689 e. The summed E-state index contributed by atoms with van der Waals surface area (Å²) in [5.74, 6) is 2.81. The molecule has 2 rings (SSSR count). The molecule has 0 N–H and O–H groups in total. The third-order valence-electron chi connectivity index (χ3n) is 6.65. The minimum absolute atomic E-state index is 0.0397. The molecule has 0 saturated heterocycles. The number of hydrogen-bond acceptors (Lipinski definition) is 1. The Morgan fingerprint density at radius 3 is 2.32 bits per heavy atom. The molecular weight excluding hydrogens is 266 g/mol. The summed E-state index contributed by atoms with van der Waals surface area (Å²) in [5, 5.41) is 9.77. The highest BCUT2D eigenvalue weighted by Crippen LogP contribution is 2.48. The second-order valence-corrected chi connectivity index (χ2v) is 8.28. The van der Waals surface area contributed by atoms with E-state index in [-0.39, 0.29) is 5.41 Å². The number of nitrogens with zero attached hydrogens (tertiary/aromatic N) is 1. The molecule has 2 unspecified atom stereocenters. The van der Waals surface area contributed by atoms with Gasteiger partial charge in [-0.1, -0.05) is 71.6 Å². The standard InChI is InChI=1S/C21H37N/c1-3-5-8-18-10-12-19(13-11-18)20-9-7-15-21(16-20,17-22)14-6-4-2/h18-20H,3-16H2,1-2H3. The Balaban J connectivity index is 1.84. The van der Waals surface area contributed by atoms with Crippen LogP contribution in [0.4, 0.5) is 0 Å². The molecule has 0 spiro atoms. The van der Waals surface area contributed by atoms with E-state index in [1.165, 1.54) is 83.5 Å². The van der Waals surface area contributed by atoms with Crippen molar-refractivity contribution in [3.05, 3.63) is 0 Å². The molecule has 2 atom stereocenters. The number of rotatable bonds is 7. The molecule has 0 aliphatic heterocycles. The van der Waals surface area contributed by atoms with E-state index in [0.29, 0.717) is 0 Å². The first-order valence-corrected chi connectivity index (χ1v) is 10.1. The number of hydrogen-bond donors (Lipinski definition) is 0. The lowest BCUT2D eigenvalue weighted by atomic mass is 9.62. The molecule has 2 aliphatic rings. The summed E-state index contributed by atoms with van der Waals surface area (Å²) in [5.41, 5.74) is 0.0397. The topological polar surface area (TPSA) is 23.8 Å². The zero-order chi connectivity index (χ0) is 15.8. The smallest absolute Gasteiger partial charge is 0.0689 e. The molecule has 126 valence electrons. The van der Waals surface area contributed by atoms with Crippen LogP contribution in [0.1, 0.15) is 104 Å². The average Bonchev–Trinajstić information content (AvgIpc) is 2.59. The van der Waals surface area contributed by atoms with Crippen molar-refractivity contribution in [2.24, 2.45) is 23.2 Å². The molecule has 0 aromatic carbocycles. The Kier molecular flexibility index (Phi) is 7.26. The normalized spacial score (nSPS) is 36.0. The van der Waals surface area contributed by atoms with Crippen molar-refractivity contribution in [3.8, 4) is 6.07 Å². The summed E-state index contributed by atoms with van der Waals surface area (Å²) < 4.78 is 0. The van der Waals surface area contributed by atoms with E-state index >= 15 is 0 Å². The van der Waals surface area contributed by atoms with Gasteiger partial charge >= 0.3 is 0 Å². The van der Waals surface area contributed by atoms with Crippen LogP contribution >= 0.6 is 0 Å². The highest BCUT2D eigenvalue weighted by molar-refractivity contribution is 5.03. The minimum Gasteiger partial charge on any atom is -0.198 e. The van der Waals surface area contributed by atoms with Crippen LogP contribution in [-0.4, -0.2) is 0 Å². The Hall–Kier alpha value is -0.510. The molecule has 2 fully saturated rings. The molecule has 1 heteroatoms. The van der Waals surface area contributed by atoms with Gasteiger partial charge in [0.2, 0.25) is 0 Å². The van der Waals surface area contributed by atoms with E-state index in [4.69, 9.17) is 0 Å². The van der Waals surface area contributed by atoms with Crippen LogP contribution in [0, 0.1) is 34.5 Å². The fourth-order valence-electron chi connectivity index (χ4n) is 5.15. The summed E-state index contributed by atoms with van der Waals surface area (Å²) in [4.78, 5) is 0. The van der Waals surface area contributed by atoms with Crippen LogP contribution in [0.5, 0.6) is 0 Å². The SMILES string of the molecule is CCCCC1CCC(C2CCCC(C#N)(CCCC)C2)CC1. The number of unbranched alkanes of at least 4 members (excludes halogenated alkanes) is 2. The summed E-state index contributed by atoms with van der Waals surface area (Å²) in [7, 11) is 0. The molecule has 22 heavy (non-hydrogen) atoms. The first kappa shape index (κ1) is 17.8. The first-order chi connectivity index (χ1) is 10.7. The second-order valence-electron chi connectivity index (χ2n) is 8.28. The van der Waals surface area contributed by atoms with Crippen molar-refractivity contribution >= 4 is 0 Å². The van der Waals surface area contributed by atoms with Crippen LogP contribution in [0.3, 0.4) is 0 Å². The van der Waals surface area contributed by atoms with Gasteiger partial charge in [0.25, 0.3) is 0 Å². The molecule has 2 saturated carbocycles. The molecule has 0 amide bonds. The van der Waals surface area contributed by atoms with E-state index in [9.17, 15) is 5.26 Å². The van der Waals surface area contributed by atoms with E-state index in [2.05, 4.69) is 19.9 Å². The molecule has 0 radical (unpaired) electrons. The Bertz CT molecular complexity index is 347. The lowest BCUT2D eigenvalue weighted by molar-refractivity contribution is 0.103. The summed E-state index contributed by atoms with van der Waals surface area (Å²) >= 11 is 0. The molecule has 0 bridgehead atoms. The quantitative estimate of drug-likeness (QED) is 0.503. The summed E-state index contributed by atoms with van der Waals surface area (Å²) in [6.45, 7) is 4.56. The van der Waals surface area contributed by atoms with E-state index in [1.807, 2.05) is 0 Å². The van der Waals surface area contributed by atoms with E-state index in [0.717, 1.165) is 24.2 Å². The van der Waals surface area contributed by atoms with Gasteiger partial charge in [-0.15, -0.1) is 0 Å². The third kappa shape index (κ3) is 4.74. The maximum atomic E-state index is 9.77. The van der Waals surface area contributed by atoms with Gasteiger partial charge < -0.3 is 0 Å². The Labute approximate surface area is 138 Å². The van der Waals surface area contributed by atoms with Crippen LogP contribution in [-0.2, 0) is 0 Å². The third-order valence-corrected chi connectivity index (χ3v) is 6.65. The fraction of sp³-hybridized carbons (Fsp3) is 0.952. The van der Waals surface area contributed by atoms with E-state index < -0.39 is 0 Å². The van der Waals surface area contributed by atoms with Crippen molar-refractivity contribution in [1.82, 2.24) is 0 Å². The maximum absolute atomic E-state index is 9.77. The van der Waals surface area contributed by atoms with Crippen molar-refractivity contribution in [2.75, 3.05) is 0 Å². The molecule has 2 aliphatic carbocycles. The fourth-order valence-corrected chi connectivity index (χ4v) is 5.15. The molecule has 0 heterocycles. The monoisotopic (exact) mass is 303 g/mol. The highest BCUT2D eigenvalue weighted by atomic mass is 14.5. The Morgan fingerprint density at radius 1 is 0.955 bits per heavy atom. The van der Waals surface area contributed by atoms with Crippen molar-refractivity contribution in [2.45, 2.75) is 104 Å². The molecule has 0 aromatic rings. The molecule has 0 aromatic heterocycles. The van der Waals surface area contributed by atoms with Gasteiger partial charge in [-0.2, -0.15) is 5.26 Å². The lowest BCUT2D eigenvalue weighted by Crippen LogP contribution is -2.32.